The lowest BCUT2D eigenvalue weighted by atomic mass is 10.0. The lowest BCUT2D eigenvalue weighted by Crippen LogP contribution is -2.09. The molecule has 2 rings (SSSR count). The summed E-state index contributed by atoms with van der Waals surface area (Å²) in [6.45, 7) is 5.75. The Hall–Kier alpha value is -1.81. The van der Waals surface area contributed by atoms with E-state index in [1.54, 1.807) is 7.11 Å². The predicted octanol–water partition coefficient (Wildman–Crippen LogP) is 3.40. The number of nitrogens with zero attached hydrogens (tertiary/aromatic N) is 2. The highest BCUT2D eigenvalue weighted by molar-refractivity contribution is 5.42. The second-order valence-electron chi connectivity index (χ2n) is 5.00. The van der Waals surface area contributed by atoms with Gasteiger partial charge in [0.15, 0.2) is 0 Å². The molecular formula is C16H23N3O. The first-order valence-electron chi connectivity index (χ1n) is 7.07. The van der Waals surface area contributed by atoms with E-state index in [2.05, 4.69) is 48.5 Å². The van der Waals surface area contributed by atoms with Gasteiger partial charge in [0.05, 0.1) is 31.1 Å². The van der Waals surface area contributed by atoms with Crippen LogP contribution in [0.4, 0.5) is 5.69 Å². The van der Waals surface area contributed by atoms with Crippen molar-refractivity contribution in [1.82, 2.24) is 9.78 Å². The molecule has 2 aromatic rings. The molecule has 4 heteroatoms. The molecule has 0 saturated carbocycles. The van der Waals surface area contributed by atoms with E-state index in [0.717, 1.165) is 18.7 Å². The van der Waals surface area contributed by atoms with Gasteiger partial charge in [-0.15, -0.1) is 0 Å². The zero-order chi connectivity index (χ0) is 14.4. The highest BCUT2D eigenvalue weighted by atomic mass is 16.5. The Kier molecular flexibility index (Phi) is 5.18. The quantitative estimate of drug-likeness (QED) is 0.840. The topological polar surface area (TPSA) is 39.1 Å². The van der Waals surface area contributed by atoms with E-state index in [-0.39, 0.29) is 0 Å². The molecule has 1 aromatic heterocycles. The molecule has 108 valence electrons. The molecule has 1 N–H and O–H groups in total. The van der Waals surface area contributed by atoms with E-state index in [0.29, 0.717) is 12.6 Å². The van der Waals surface area contributed by atoms with Gasteiger partial charge in [0, 0.05) is 13.3 Å². The summed E-state index contributed by atoms with van der Waals surface area (Å²) in [5, 5.41) is 7.86. The molecule has 0 spiro atoms. The third-order valence-corrected chi connectivity index (χ3v) is 3.39. The van der Waals surface area contributed by atoms with Crippen LogP contribution in [0.2, 0.25) is 0 Å². The fourth-order valence-corrected chi connectivity index (χ4v) is 2.17. The Labute approximate surface area is 120 Å². The summed E-state index contributed by atoms with van der Waals surface area (Å²) in [6.07, 6.45) is 4.93. The van der Waals surface area contributed by atoms with Crippen molar-refractivity contribution in [3.63, 3.8) is 0 Å². The van der Waals surface area contributed by atoms with Crippen molar-refractivity contribution >= 4 is 5.69 Å². The molecule has 20 heavy (non-hydrogen) atoms. The maximum absolute atomic E-state index is 5.06. The molecule has 0 bridgehead atoms. The number of aryl methyl sites for hydroxylation is 1. The molecular weight excluding hydrogens is 250 g/mol. The van der Waals surface area contributed by atoms with Crippen LogP contribution in [0.3, 0.4) is 0 Å². The highest BCUT2D eigenvalue weighted by Gasteiger charge is 2.10. The molecule has 0 aliphatic rings. The van der Waals surface area contributed by atoms with E-state index in [4.69, 9.17) is 4.74 Å². The van der Waals surface area contributed by atoms with Crippen molar-refractivity contribution in [2.75, 3.05) is 19.0 Å². The van der Waals surface area contributed by atoms with Crippen molar-refractivity contribution < 1.29 is 4.74 Å². The van der Waals surface area contributed by atoms with E-state index in [9.17, 15) is 0 Å². The van der Waals surface area contributed by atoms with Crippen molar-refractivity contribution in [2.45, 2.75) is 32.9 Å². The first-order valence-corrected chi connectivity index (χ1v) is 7.07. The summed E-state index contributed by atoms with van der Waals surface area (Å²) < 4.78 is 6.95. The van der Waals surface area contributed by atoms with Crippen molar-refractivity contribution in [3.05, 3.63) is 47.8 Å². The average molecular weight is 273 g/mol. The fourth-order valence-electron chi connectivity index (χ4n) is 2.17. The summed E-state index contributed by atoms with van der Waals surface area (Å²) in [6, 6.07) is 9.00. The van der Waals surface area contributed by atoms with Crippen LogP contribution < -0.4 is 5.32 Å². The van der Waals surface area contributed by atoms with Crippen molar-refractivity contribution in [3.8, 4) is 0 Å². The Morgan fingerprint density at radius 3 is 2.70 bits per heavy atom. The molecule has 0 amide bonds. The molecule has 1 atom stereocenters. The maximum atomic E-state index is 5.06. The lowest BCUT2D eigenvalue weighted by Gasteiger charge is -2.17. The Morgan fingerprint density at radius 2 is 2.05 bits per heavy atom. The van der Waals surface area contributed by atoms with Gasteiger partial charge in [-0.3, -0.25) is 4.68 Å². The minimum Gasteiger partial charge on any atom is -0.383 e. The molecule has 1 unspecified atom stereocenters. The van der Waals surface area contributed by atoms with Gasteiger partial charge in [0.25, 0.3) is 0 Å². The van der Waals surface area contributed by atoms with E-state index < -0.39 is 0 Å². The molecule has 0 aliphatic carbocycles. The van der Waals surface area contributed by atoms with Gasteiger partial charge in [-0.25, -0.2) is 0 Å². The third kappa shape index (κ3) is 3.84. The van der Waals surface area contributed by atoms with E-state index in [1.165, 1.54) is 11.1 Å². The predicted molar refractivity (Wildman–Crippen MR) is 81.9 cm³/mol. The minimum absolute atomic E-state index is 0.315. The number of benzene rings is 1. The molecule has 0 fully saturated rings. The summed E-state index contributed by atoms with van der Waals surface area (Å²) >= 11 is 0. The fraction of sp³-hybridized carbons (Fsp3) is 0.438. The van der Waals surface area contributed by atoms with Gasteiger partial charge >= 0.3 is 0 Å². The zero-order valence-corrected chi connectivity index (χ0v) is 12.5. The smallest absolute Gasteiger partial charge is 0.0731 e. The molecule has 4 nitrogen and oxygen atoms in total. The summed E-state index contributed by atoms with van der Waals surface area (Å²) in [7, 11) is 1.70. The molecule has 0 aliphatic heterocycles. The number of hydrogen-bond donors (Lipinski definition) is 1. The second kappa shape index (κ2) is 7.10. The summed E-state index contributed by atoms with van der Waals surface area (Å²) in [5.74, 6) is 0. The highest BCUT2D eigenvalue weighted by Crippen LogP contribution is 2.22. The van der Waals surface area contributed by atoms with Crippen LogP contribution in [-0.4, -0.2) is 23.5 Å². The van der Waals surface area contributed by atoms with Crippen molar-refractivity contribution in [2.24, 2.45) is 0 Å². The molecule has 0 saturated heterocycles. The van der Waals surface area contributed by atoms with Gasteiger partial charge < -0.3 is 10.1 Å². The molecule has 0 radical (unpaired) electrons. The summed E-state index contributed by atoms with van der Waals surface area (Å²) in [5.41, 5.74) is 3.65. The number of rotatable bonds is 7. The van der Waals surface area contributed by atoms with Crippen LogP contribution in [0, 0.1) is 6.92 Å². The molecule has 1 aromatic carbocycles. The van der Waals surface area contributed by atoms with Gasteiger partial charge in [0.2, 0.25) is 0 Å². The van der Waals surface area contributed by atoms with E-state index in [1.807, 2.05) is 17.1 Å². The number of ether oxygens (including phenoxy) is 1. The number of hydrogen-bond acceptors (Lipinski definition) is 3. The minimum atomic E-state index is 0.315. The monoisotopic (exact) mass is 273 g/mol. The van der Waals surface area contributed by atoms with Gasteiger partial charge in [0.1, 0.15) is 0 Å². The standard InChI is InChI=1S/C16H23N3O/c1-4-16(14-7-5-13(2)6-8-14)18-15-11-17-19(12-15)9-10-20-3/h5-8,11-12,16,18H,4,9-10H2,1-3H3. The molecule has 1 heterocycles. The Bertz CT molecular complexity index is 519. The number of methoxy groups -OCH3 is 1. The normalized spacial score (nSPS) is 12.3. The number of aromatic nitrogens is 2. The largest absolute Gasteiger partial charge is 0.383 e. The zero-order valence-electron chi connectivity index (χ0n) is 12.5. The van der Waals surface area contributed by atoms with Crippen LogP contribution >= 0.6 is 0 Å². The second-order valence-corrected chi connectivity index (χ2v) is 5.00. The number of anilines is 1. The Balaban J connectivity index is 2.02. The maximum Gasteiger partial charge on any atom is 0.0731 e. The average Bonchev–Trinajstić information content (AvgIpc) is 2.91. The summed E-state index contributed by atoms with van der Waals surface area (Å²) in [4.78, 5) is 0. The first kappa shape index (κ1) is 14.6. The lowest BCUT2D eigenvalue weighted by molar-refractivity contribution is 0.183. The first-order chi connectivity index (χ1) is 9.72. The van der Waals surface area contributed by atoms with E-state index >= 15 is 0 Å². The van der Waals surface area contributed by atoms with Gasteiger partial charge in [-0.05, 0) is 18.9 Å². The van der Waals surface area contributed by atoms with Crippen LogP contribution in [0.15, 0.2) is 36.7 Å². The Morgan fingerprint density at radius 1 is 1.30 bits per heavy atom. The van der Waals surface area contributed by atoms with Gasteiger partial charge in [-0.1, -0.05) is 36.8 Å². The number of nitrogens with one attached hydrogen (secondary N) is 1. The van der Waals surface area contributed by atoms with Crippen LogP contribution in [0.1, 0.15) is 30.5 Å². The third-order valence-electron chi connectivity index (χ3n) is 3.39. The van der Waals surface area contributed by atoms with Gasteiger partial charge in [-0.2, -0.15) is 5.10 Å². The van der Waals surface area contributed by atoms with Crippen LogP contribution in [0.5, 0.6) is 0 Å². The van der Waals surface area contributed by atoms with Crippen LogP contribution in [0.25, 0.3) is 0 Å². The SMILES string of the molecule is CCC(Nc1cnn(CCOC)c1)c1ccc(C)cc1. The van der Waals surface area contributed by atoms with Crippen LogP contribution in [-0.2, 0) is 11.3 Å². The van der Waals surface area contributed by atoms with Crippen molar-refractivity contribution in [1.29, 1.82) is 0 Å².